The Kier molecular flexibility index (Phi) is 4.32. The summed E-state index contributed by atoms with van der Waals surface area (Å²) >= 11 is 0. The number of nitrogens with zero attached hydrogens (tertiary/aromatic N) is 4. The average molecular weight is 331 g/mol. The highest BCUT2D eigenvalue weighted by molar-refractivity contribution is 6.04. The van der Waals surface area contributed by atoms with E-state index in [1.807, 2.05) is 0 Å². The number of anilines is 2. The van der Waals surface area contributed by atoms with Crippen molar-refractivity contribution in [3.05, 3.63) is 52.0 Å². The first kappa shape index (κ1) is 15.8. The number of halogens is 1. The molecular formula is C15H14FN5O3. The molecule has 1 aliphatic rings. The molecule has 2 heterocycles. The van der Waals surface area contributed by atoms with Gasteiger partial charge in [0.15, 0.2) is 11.5 Å². The molecule has 0 aliphatic carbocycles. The molecule has 1 aromatic carbocycles. The van der Waals surface area contributed by atoms with Crippen LogP contribution in [-0.2, 0) is 0 Å². The maximum atomic E-state index is 13.1. The van der Waals surface area contributed by atoms with E-state index in [-0.39, 0.29) is 11.4 Å². The number of carbonyl (C=O) groups is 1. The van der Waals surface area contributed by atoms with Crippen LogP contribution in [-0.4, -0.2) is 34.1 Å². The third-order valence-electron chi connectivity index (χ3n) is 3.72. The van der Waals surface area contributed by atoms with Crippen LogP contribution in [0.15, 0.2) is 30.3 Å². The van der Waals surface area contributed by atoms with Crippen LogP contribution < -0.4 is 10.2 Å². The number of amides is 1. The summed E-state index contributed by atoms with van der Waals surface area (Å²) in [6.07, 6.45) is 2.19. The van der Waals surface area contributed by atoms with Gasteiger partial charge in [-0.1, -0.05) is 0 Å². The molecule has 1 fully saturated rings. The number of nitro benzene ring substituents is 1. The quantitative estimate of drug-likeness (QED) is 0.682. The minimum absolute atomic E-state index is 0.0246. The van der Waals surface area contributed by atoms with E-state index in [2.05, 4.69) is 20.4 Å². The van der Waals surface area contributed by atoms with Crippen LogP contribution in [0.3, 0.4) is 0 Å². The zero-order valence-electron chi connectivity index (χ0n) is 12.6. The van der Waals surface area contributed by atoms with Crippen molar-refractivity contribution < 1.29 is 14.1 Å². The topological polar surface area (TPSA) is 101 Å². The van der Waals surface area contributed by atoms with E-state index in [1.165, 1.54) is 6.07 Å². The van der Waals surface area contributed by atoms with Gasteiger partial charge in [0.1, 0.15) is 11.5 Å². The Hall–Kier alpha value is -3.10. The Morgan fingerprint density at radius 2 is 1.96 bits per heavy atom. The number of benzene rings is 1. The summed E-state index contributed by atoms with van der Waals surface area (Å²) in [6.45, 7) is 1.81. The van der Waals surface area contributed by atoms with E-state index in [1.54, 1.807) is 6.07 Å². The molecule has 124 valence electrons. The van der Waals surface area contributed by atoms with Gasteiger partial charge in [0.05, 0.1) is 11.0 Å². The van der Waals surface area contributed by atoms with Crippen molar-refractivity contribution in [1.29, 1.82) is 0 Å². The largest absolute Gasteiger partial charge is 0.355 e. The average Bonchev–Trinajstić information content (AvgIpc) is 3.11. The Balaban J connectivity index is 1.76. The fourth-order valence-corrected chi connectivity index (χ4v) is 2.51. The predicted octanol–water partition coefficient (Wildman–Crippen LogP) is 2.38. The summed E-state index contributed by atoms with van der Waals surface area (Å²) in [5.74, 6) is -0.712. The standard InChI is InChI=1S/C15H14FN5O3/c16-10-3-4-11(13(9-10)21(23)24)17-15(22)12-5-6-14(19-18-12)20-7-1-2-8-20/h3-6,9H,1-2,7-8H2,(H,17,22). The maximum Gasteiger partial charge on any atom is 0.295 e. The van der Waals surface area contributed by atoms with Gasteiger partial charge in [-0.15, -0.1) is 10.2 Å². The lowest BCUT2D eigenvalue weighted by atomic mass is 10.2. The van der Waals surface area contributed by atoms with Gasteiger partial charge in [-0.3, -0.25) is 14.9 Å². The van der Waals surface area contributed by atoms with Crippen LogP contribution in [0.4, 0.5) is 21.6 Å². The SMILES string of the molecule is O=C(Nc1ccc(F)cc1[N+](=O)[O-])c1ccc(N2CCCC2)nn1. The van der Waals surface area contributed by atoms with Gasteiger partial charge in [-0.05, 0) is 37.1 Å². The van der Waals surface area contributed by atoms with Crippen molar-refractivity contribution in [2.45, 2.75) is 12.8 Å². The van der Waals surface area contributed by atoms with E-state index >= 15 is 0 Å². The number of aromatic nitrogens is 2. The van der Waals surface area contributed by atoms with Gasteiger partial charge >= 0.3 is 0 Å². The Bertz CT molecular complexity index is 775. The maximum absolute atomic E-state index is 13.1. The van der Waals surface area contributed by atoms with E-state index in [9.17, 15) is 19.3 Å². The Morgan fingerprint density at radius 3 is 2.58 bits per heavy atom. The molecule has 8 nitrogen and oxygen atoms in total. The Labute approximate surface area is 136 Å². The number of hydrogen-bond donors (Lipinski definition) is 1. The first-order valence-electron chi connectivity index (χ1n) is 7.38. The van der Waals surface area contributed by atoms with E-state index < -0.39 is 22.3 Å². The molecule has 0 atom stereocenters. The second-order valence-corrected chi connectivity index (χ2v) is 5.34. The van der Waals surface area contributed by atoms with Gasteiger partial charge in [0.2, 0.25) is 0 Å². The van der Waals surface area contributed by atoms with Gasteiger partial charge in [-0.2, -0.15) is 0 Å². The van der Waals surface area contributed by atoms with Crippen molar-refractivity contribution >= 4 is 23.1 Å². The first-order chi connectivity index (χ1) is 11.5. The second kappa shape index (κ2) is 6.57. The molecule has 0 unspecified atom stereocenters. The summed E-state index contributed by atoms with van der Waals surface area (Å²) in [5.41, 5.74) is -0.599. The number of carbonyl (C=O) groups excluding carboxylic acids is 1. The van der Waals surface area contributed by atoms with Crippen LogP contribution in [0.25, 0.3) is 0 Å². The number of rotatable bonds is 4. The lowest BCUT2D eigenvalue weighted by Gasteiger charge is -2.15. The minimum atomic E-state index is -0.763. The van der Waals surface area contributed by atoms with Gasteiger partial charge in [0, 0.05) is 13.1 Å². The summed E-state index contributed by atoms with van der Waals surface area (Å²) in [4.78, 5) is 24.4. The summed E-state index contributed by atoms with van der Waals surface area (Å²) in [7, 11) is 0. The molecule has 1 N–H and O–H groups in total. The van der Waals surface area contributed by atoms with Crippen molar-refractivity contribution in [1.82, 2.24) is 10.2 Å². The number of nitrogens with one attached hydrogen (secondary N) is 1. The molecule has 0 bridgehead atoms. The smallest absolute Gasteiger partial charge is 0.295 e. The molecule has 9 heteroatoms. The molecular weight excluding hydrogens is 317 g/mol. The zero-order chi connectivity index (χ0) is 17.1. The molecule has 1 saturated heterocycles. The first-order valence-corrected chi connectivity index (χ1v) is 7.38. The molecule has 1 amide bonds. The molecule has 1 aromatic heterocycles. The van der Waals surface area contributed by atoms with Crippen LogP contribution in [0.5, 0.6) is 0 Å². The van der Waals surface area contributed by atoms with Crippen LogP contribution >= 0.6 is 0 Å². The number of hydrogen-bond acceptors (Lipinski definition) is 6. The second-order valence-electron chi connectivity index (χ2n) is 5.34. The van der Waals surface area contributed by atoms with Crippen molar-refractivity contribution in [2.24, 2.45) is 0 Å². The number of nitro groups is 1. The van der Waals surface area contributed by atoms with E-state index in [4.69, 9.17) is 0 Å². The molecule has 0 spiro atoms. The zero-order valence-corrected chi connectivity index (χ0v) is 12.6. The lowest BCUT2D eigenvalue weighted by Crippen LogP contribution is -2.21. The van der Waals surface area contributed by atoms with Crippen molar-refractivity contribution in [2.75, 3.05) is 23.3 Å². The predicted molar refractivity (Wildman–Crippen MR) is 84.5 cm³/mol. The van der Waals surface area contributed by atoms with Crippen molar-refractivity contribution in [3.63, 3.8) is 0 Å². The highest BCUT2D eigenvalue weighted by atomic mass is 19.1. The van der Waals surface area contributed by atoms with Gasteiger partial charge in [0.25, 0.3) is 11.6 Å². The van der Waals surface area contributed by atoms with Crippen LogP contribution in [0, 0.1) is 15.9 Å². The van der Waals surface area contributed by atoms with Crippen LogP contribution in [0.1, 0.15) is 23.3 Å². The Morgan fingerprint density at radius 1 is 1.21 bits per heavy atom. The fourth-order valence-electron chi connectivity index (χ4n) is 2.51. The summed E-state index contributed by atoms with van der Waals surface area (Å²) < 4.78 is 13.1. The van der Waals surface area contributed by atoms with Crippen molar-refractivity contribution in [3.8, 4) is 0 Å². The van der Waals surface area contributed by atoms with Crippen LogP contribution in [0.2, 0.25) is 0 Å². The summed E-state index contributed by atoms with van der Waals surface area (Å²) in [6, 6.07) is 6.11. The lowest BCUT2D eigenvalue weighted by molar-refractivity contribution is -0.384. The normalized spacial score (nSPS) is 13.8. The molecule has 3 rings (SSSR count). The minimum Gasteiger partial charge on any atom is -0.355 e. The molecule has 0 saturated carbocycles. The van der Waals surface area contributed by atoms with Gasteiger partial charge in [-0.25, -0.2) is 4.39 Å². The highest BCUT2D eigenvalue weighted by Gasteiger charge is 2.19. The fraction of sp³-hybridized carbons (Fsp3) is 0.267. The molecule has 2 aromatic rings. The molecule has 24 heavy (non-hydrogen) atoms. The third kappa shape index (κ3) is 3.29. The monoisotopic (exact) mass is 331 g/mol. The highest BCUT2D eigenvalue weighted by Crippen LogP contribution is 2.25. The van der Waals surface area contributed by atoms with Gasteiger partial charge < -0.3 is 10.2 Å². The molecule has 1 aliphatic heterocycles. The molecule has 0 radical (unpaired) electrons. The third-order valence-corrected chi connectivity index (χ3v) is 3.72. The van der Waals surface area contributed by atoms with E-state index in [0.717, 1.165) is 44.1 Å². The van der Waals surface area contributed by atoms with E-state index in [0.29, 0.717) is 5.82 Å². The summed E-state index contributed by atoms with van der Waals surface area (Å²) in [5, 5.41) is 21.2.